The van der Waals surface area contributed by atoms with Gasteiger partial charge in [0.2, 0.25) is 6.79 Å². The molecule has 1 aliphatic heterocycles. The highest BCUT2D eigenvalue weighted by Crippen LogP contribution is 2.33. The van der Waals surface area contributed by atoms with E-state index in [0.29, 0.717) is 24.4 Å². The third kappa shape index (κ3) is 3.42. The van der Waals surface area contributed by atoms with Crippen LogP contribution in [0.3, 0.4) is 0 Å². The molecule has 1 N–H and O–H groups in total. The Bertz CT molecular complexity index is 1290. The summed E-state index contributed by atoms with van der Waals surface area (Å²) < 4.78 is 12.8. The molecule has 0 radical (unpaired) electrons. The third-order valence-electron chi connectivity index (χ3n) is 5.93. The second kappa shape index (κ2) is 7.50. The molecule has 0 aliphatic carbocycles. The second-order valence-electron chi connectivity index (χ2n) is 7.87. The van der Waals surface area contributed by atoms with E-state index >= 15 is 0 Å². The number of carbonyl (C=O) groups excluding carboxylic acids is 1. The van der Waals surface area contributed by atoms with Crippen molar-refractivity contribution in [1.82, 2.24) is 19.7 Å². The lowest BCUT2D eigenvalue weighted by Gasteiger charge is -2.23. The number of hydrogen-bond acceptors (Lipinski definition) is 4. The first-order valence-corrected chi connectivity index (χ1v) is 10.2. The van der Waals surface area contributed by atoms with Crippen LogP contribution in [0.25, 0.3) is 10.9 Å². The van der Waals surface area contributed by atoms with Gasteiger partial charge in [0.1, 0.15) is 0 Å². The molecule has 1 aliphatic rings. The monoisotopic (exact) mass is 416 g/mol. The number of aromatic amines is 1. The summed E-state index contributed by atoms with van der Waals surface area (Å²) in [5.41, 5.74) is 5.65. The van der Waals surface area contributed by atoms with Crippen LogP contribution in [0.5, 0.6) is 11.5 Å². The maximum atomic E-state index is 13.7. The van der Waals surface area contributed by atoms with Gasteiger partial charge >= 0.3 is 0 Å². The molecule has 2 aromatic carbocycles. The number of carbonyl (C=O) groups is 1. The van der Waals surface area contributed by atoms with Crippen molar-refractivity contribution in [3.63, 3.8) is 0 Å². The number of ether oxygens (including phenoxy) is 2. The topological polar surface area (TPSA) is 72.4 Å². The predicted octanol–water partition coefficient (Wildman–Crippen LogP) is 4.09. The zero-order valence-corrected chi connectivity index (χ0v) is 17.8. The Hall–Kier alpha value is -3.74. The number of hydrogen-bond donors (Lipinski definition) is 1. The molecule has 0 unspecified atom stereocenters. The predicted molar refractivity (Wildman–Crippen MR) is 117 cm³/mol. The molecule has 7 heteroatoms. The Morgan fingerprint density at radius 2 is 1.94 bits per heavy atom. The number of nitrogens with one attached hydrogen (secondary N) is 1. The summed E-state index contributed by atoms with van der Waals surface area (Å²) in [5.74, 6) is 1.42. The van der Waals surface area contributed by atoms with E-state index in [9.17, 15) is 4.79 Å². The van der Waals surface area contributed by atoms with Gasteiger partial charge in [0.15, 0.2) is 11.5 Å². The lowest BCUT2D eigenvalue weighted by Crippen LogP contribution is -2.30. The highest BCUT2D eigenvalue weighted by atomic mass is 16.7. The van der Waals surface area contributed by atoms with E-state index in [-0.39, 0.29) is 12.7 Å². The van der Waals surface area contributed by atoms with Gasteiger partial charge in [-0.1, -0.05) is 24.3 Å². The number of benzene rings is 2. The number of H-pyrrole nitrogens is 1. The molecule has 158 valence electrons. The Labute approximate surface area is 180 Å². The van der Waals surface area contributed by atoms with Gasteiger partial charge in [0.05, 0.1) is 11.3 Å². The molecule has 2 aromatic heterocycles. The maximum absolute atomic E-state index is 13.7. The van der Waals surface area contributed by atoms with Crippen LogP contribution in [0.2, 0.25) is 0 Å². The number of aryl methyl sites for hydroxylation is 2. The zero-order chi connectivity index (χ0) is 21.5. The van der Waals surface area contributed by atoms with E-state index in [4.69, 9.17) is 9.47 Å². The van der Waals surface area contributed by atoms with Gasteiger partial charge in [0, 0.05) is 48.5 Å². The van der Waals surface area contributed by atoms with Crippen molar-refractivity contribution in [3.05, 3.63) is 76.7 Å². The highest BCUT2D eigenvalue weighted by molar-refractivity contribution is 6.06. The van der Waals surface area contributed by atoms with Crippen LogP contribution in [-0.2, 0) is 20.1 Å². The molecule has 4 aromatic rings. The normalized spacial score (nSPS) is 12.5. The number of rotatable bonds is 5. The first-order chi connectivity index (χ1) is 15.0. The lowest BCUT2D eigenvalue weighted by atomic mass is 10.1. The van der Waals surface area contributed by atoms with Gasteiger partial charge in [0.25, 0.3) is 5.91 Å². The Morgan fingerprint density at radius 1 is 1.13 bits per heavy atom. The smallest absolute Gasteiger partial charge is 0.256 e. The van der Waals surface area contributed by atoms with E-state index in [1.165, 1.54) is 0 Å². The van der Waals surface area contributed by atoms with Crippen LogP contribution in [-0.4, -0.2) is 32.4 Å². The van der Waals surface area contributed by atoms with Crippen molar-refractivity contribution in [2.45, 2.75) is 26.9 Å². The van der Waals surface area contributed by atoms with Gasteiger partial charge in [-0.25, -0.2) is 0 Å². The Morgan fingerprint density at radius 3 is 2.74 bits per heavy atom. The molecular formula is C24H24N4O3. The molecular weight excluding hydrogens is 392 g/mol. The van der Waals surface area contributed by atoms with E-state index in [0.717, 1.165) is 39.2 Å². The Kier molecular flexibility index (Phi) is 4.66. The minimum Gasteiger partial charge on any atom is -0.454 e. The summed E-state index contributed by atoms with van der Waals surface area (Å²) in [7, 11) is 1.93. The summed E-state index contributed by atoms with van der Waals surface area (Å²) >= 11 is 0. The number of aromatic nitrogens is 3. The average molecular weight is 416 g/mol. The molecule has 0 spiro atoms. The molecule has 0 saturated heterocycles. The molecule has 0 fully saturated rings. The summed E-state index contributed by atoms with van der Waals surface area (Å²) in [6, 6.07) is 13.7. The van der Waals surface area contributed by atoms with Crippen molar-refractivity contribution in [3.8, 4) is 11.5 Å². The highest BCUT2D eigenvalue weighted by Gasteiger charge is 2.23. The summed E-state index contributed by atoms with van der Waals surface area (Å²) in [6.07, 6.45) is 1.79. The standard InChI is InChI=1S/C24H24N4O3/c1-15-20(16(2)27(3)26-15)13-28(12-17-8-9-22-23(10-17)31-14-30-22)24(29)19-11-25-21-7-5-4-6-18(19)21/h4-11,25H,12-14H2,1-3H3. The quantitative estimate of drug-likeness (QED) is 0.532. The third-order valence-corrected chi connectivity index (χ3v) is 5.93. The largest absolute Gasteiger partial charge is 0.454 e. The van der Waals surface area contributed by atoms with Crippen LogP contribution < -0.4 is 9.47 Å². The van der Waals surface area contributed by atoms with E-state index in [1.807, 2.05) is 72.9 Å². The number of nitrogens with zero attached hydrogens (tertiary/aromatic N) is 3. The fourth-order valence-electron chi connectivity index (χ4n) is 4.12. The number of para-hydroxylation sites is 1. The summed E-state index contributed by atoms with van der Waals surface area (Å²) in [6.45, 7) is 5.16. The van der Waals surface area contributed by atoms with Gasteiger partial charge in [-0.2, -0.15) is 5.10 Å². The van der Waals surface area contributed by atoms with Crippen LogP contribution in [0.4, 0.5) is 0 Å². The molecule has 0 atom stereocenters. The first kappa shape index (κ1) is 19.2. The summed E-state index contributed by atoms with van der Waals surface area (Å²) in [5, 5.41) is 5.45. The van der Waals surface area contributed by atoms with Gasteiger partial charge in [-0.15, -0.1) is 0 Å². The lowest BCUT2D eigenvalue weighted by molar-refractivity contribution is 0.0731. The molecule has 0 saturated carbocycles. The fraction of sp³-hybridized carbons (Fsp3) is 0.250. The molecule has 7 nitrogen and oxygen atoms in total. The van der Waals surface area contributed by atoms with Crippen LogP contribution >= 0.6 is 0 Å². The summed E-state index contributed by atoms with van der Waals surface area (Å²) in [4.78, 5) is 18.8. The fourth-order valence-corrected chi connectivity index (χ4v) is 4.12. The van der Waals surface area contributed by atoms with E-state index < -0.39 is 0 Å². The van der Waals surface area contributed by atoms with Gasteiger partial charge in [-0.3, -0.25) is 9.48 Å². The molecule has 1 amide bonds. The van der Waals surface area contributed by atoms with Crippen molar-refractivity contribution in [1.29, 1.82) is 0 Å². The van der Waals surface area contributed by atoms with Crippen molar-refractivity contribution >= 4 is 16.8 Å². The van der Waals surface area contributed by atoms with E-state index in [1.54, 1.807) is 6.20 Å². The second-order valence-corrected chi connectivity index (χ2v) is 7.87. The Balaban J connectivity index is 1.52. The first-order valence-electron chi connectivity index (χ1n) is 10.2. The zero-order valence-electron chi connectivity index (χ0n) is 17.8. The maximum Gasteiger partial charge on any atom is 0.256 e. The van der Waals surface area contributed by atoms with Gasteiger partial charge < -0.3 is 19.4 Å². The molecule has 31 heavy (non-hydrogen) atoms. The molecule has 3 heterocycles. The van der Waals surface area contributed by atoms with E-state index in [2.05, 4.69) is 10.1 Å². The van der Waals surface area contributed by atoms with Crippen molar-refractivity contribution in [2.75, 3.05) is 6.79 Å². The van der Waals surface area contributed by atoms with Crippen LogP contribution in [0.1, 0.15) is 32.9 Å². The van der Waals surface area contributed by atoms with Crippen LogP contribution in [0, 0.1) is 13.8 Å². The molecule has 0 bridgehead atoms. The minimum absolute atomic E-state index is 0.0298. The minimum atomic E-state index is -0.0298. The number of fused-ring (bicyclic) bond motifs is 2. The van der Waals surface area contributed by atoms with Crippen molar-refractivity contribution < 1.29 is 14.3 Å². The average Bonchev–Trinajstić information content (AvgIpc) is 3.46. The molecule has 5 rings (SSSR count). The SMILES string of the molecule is Cc1nn(C)c(C)c1CN(Cc1ccc2c(c1)OCO2)C(=O)c1c[nH]c2ccccc12. The van der Waals surface area contributed by atoms with Gasteiger partial charge in [-0.05, 0) is 37.6 Å². The van der Waals surface area contributed by atoms with Crippen molar-refractivity contribution in [2.24, 2.45) is 7.05 Å². The number of amides is 1. The van der Waals surface area contributed by atoms with Crippen LogP contribution in [0.15, 0.2) is 48.7 Å².